The van der Waals surface area contributed by atoms with E-state index in [1.54, 1.807) is 24.3 Å². The zero-order valence-electron chi connectivity index (χ0n) is 27.5. The second kappa shape index (κ2) is 12.9. The van der Waals surface area contributed by atoms with Gasteiger partial charge in [-0.1, -0.05) is 59.7 Å². The number of hydrogen-bond acceptors (Lipinski definition) is 8. The fraction of sp³-hybridized carbons (Fsp3) is 0.342. The highest BCUT2D eigenvalue weighted by molar-refractivity contribution is 14.1. The second-order valence-corrected chi connectivity index (χ2v) is 14.6. The van der Waals surface area contributed by atoms with Crippen LogP contribution in [0.2, 0.25) is 0 Å². The number of halogens is 1. The number of nitrogens with one attached hydrogen (secondary N) is 1. The Bertz CT molecular complexity index is 1950. The van der Waals surface area contributed by atoms with Crippen LogP contribution in [0.15, 0.2) is 78.4 Å². The van der Waals surface area contributed by atoms with Crippen LogP contribution >= 0.6 is 22.6 Å². The summed E-state index contributed by atoms with van der Waals surface area (Å²) in [5.41, 5.74) is 5.24. The summed E-state index contributed by atoms with van der Waals surface area (Å²) in [6.45, 7) is 1.94. The standard InChI is InChI=1S/C38H36IN3O8/c1-20-10-12-23(13-11-20)40-42-35(47)27-19-26-24(14-15-25-31(26)36(48)41(34(25)46)16-6-9-30(43)44)32(21-17-28(39)33(45)29(18-21)50-2)38(27,37(42)49)22-7-4-3-5-8-22/h3-5,7-8,10-14,17-18,25-27,31-32,40,45H,6,9,15-16,19H2,1-2H3,(H,43,44). The minimum absolute atomic E-state index is 0.00114. The number of nitrogens with zero attached hydrogens (tertiary/aromatic N) is 2. The van der Waals surface area contributed by atoms with Gasteiger partial charge in [-0.2, -0.15) is 5.01 Å². The third kappa shape index (κ3) is 5.17. The number of carbonyl (C=O) groups excluding carboxylic acids is 4. The molecule has 6 unspecified atom stereocenters. The maximum atomic E-state index is 15.2. The van der Waals surface area contributed by atoms with Gasteiger partial charge in [0.1, 0.15) is 0 Å². The fourth-order valence-corrected chi connectivity index (χ4v) is 9.34. The molecule has 50 heavy (non-hydrogen) atoms. The summed E-state index contributed by atoms with van der Waals surface area (Å²) in [7, 11) is 1.44. The maximum absolute atomic E-state index is 15.2. The molecule has 3 fully saturated rings. The van der Waals surface area contributed by atoms with E-state index in [4.69, 9.17) is 4.74 Å². The third-order valence-electron chi connectivity index (χ3n) is 10.9. The maximum Gasteiger partial charge on any atom is 0.303 e. The normalized spacial score (nSPS) is 27.1. The lowest BCUT2D eigenvalue weighted by Gasteiger charge is -2.50. The largest absolute Gasteiger partial charge is 0.504 e. The number of methoxy groups -OCH3 is 1. The molecule has 2 heterocycles. The molecule has 1 saturated carbocycles. The number of benzene rings is 3. The number of likely N-dealkylation sites (tertiary alicyclic amines) is 1. The first-order chi connectivity index (χ1) is 24.0. The number of hydrogen-bond donors (Lipinski definition) is 3. The summed E-state index contributed by atoms with van der Waals surface area (Å²) < 4.78 is 6.06. The average Bonchev–Trinajstić information content (AvgIpc) is 3.47. The van der Waals surface area contributed by atoms with Gasteiger partial charge in [0.15, 0.2) is 11.5 Å². The second-order valence-electron chi connectivity index (χ2n) is 13.5. The van der Waals surface area contributed by atoms with Gasteiger partial charge in [-0.25, -0.2) is 0 Å². The Kier molecular flexibility index (Phi) is 8.69. The fourth-order valence-electron chi connectivity index (χ4n) is 8.71. The van der Waals surface area contributed by atoms with Crippen LogP contribution in [0.4, 0.5) is 5.69 Å². The Labute approximate surface area is 302 Å². The van der Waals surface area contributed by atoms with E-state index in [0.29, 0.717) is 20.4 Å². The van der Waals surface area contributed by atoms with Crippen LogP contribution in [-0.2, 0) is 29.4 Å². The van der Waals surface area contributed by atoms with Crippen molar-refractivity contribution in [2.45, 2.75) is 43.9 Å². The van der Waals surface area contributed by atoms with Crippen molar-refractivity contribution >= 4 is 57.9 Å². The van der Waals surface area contributed by atoms with Crippen molar-refractivity contribution in [3.05, 3.63) is 98.6 Å². The molecule has 0 spiro atoms. The number of fused-ring (bicyclic) bond motifs is 4. The molecule has 2 saturated heterocycles. The van der Waals surface area contributed by atoms with Crippen LogP contribution in [0.5, 0.6) is 11.5 Å². The SMILES string of the molecule is COc1cc(C2C3=CCC4C(=O)N(CCCC(=O)O)C(=O)C4C3CC3C(=O)N(Nc4ccc(C)cc4)C(=O)C32c2ccccc2)cc(I)c1O. The number of aliphatic carboxylic acids is 1. The highest BCUT2D eigenvalue weighted by Gasteiger charge is 2.70. The van der Waals surface area contributed by atoms with Gasteiger partial charge in [-0.15, -0.1) is 0 Å². The number of aryl methyl sites for hydroxylation is 1. The third-order valence-corrected chi connectivity index (χ3v) is 11.7. The van der Waals surface area contributed by atoms with Gasteiger partial charge >= 0.3 is 5.97 Å². The minimum atomic E-state index is -1.46. The molecule has 2 aliphatic carbocycles. The number of ether oxygens (including phenoxy) is 1. The zero-order chi connectivity index (χ0) is 35.5. The monoisotopic (exact) mass is 789 g/mol. The Morgan fingerprint density at radius 1 is 1.00 bits per heavy atom. The quantitative estimate of drug-likeness (QED) is 0.152. The first-order valence-corrected chi connectivity index (χ1v) is 17.7. The van der Waals surface area contributed by atoms with E-state index in [1.807, 2.05) is 78.1 Å². The molecule has 0 radical (unpaired) electrons. The highest BCUT2D eigenvalue weighted by atomic mass is 127. The molecule has 6 atom stereocenters. The van der Waals surface area contributed by atoms with Crippen molar-refractivity contribution in [3.63, 3.8) is 0 Å². The van der Waals surface area contributed by atoms with E-state index in [1.165, 1.54) is 12.0 Å². The molecule has 7 rings (SSSR count). The van der Waals surface area contributed by atoms with Crippen molar-refractivity contribution in [1.82, 2.24) is 9.91 Å². The lowest BCUT2D eigenvalue weighted by Crippen LogP contribution is -2.53. The van der Waals surface area contributed by atoms with Crippen LogP contribution in [0, 0.1) is 34.2 Å². The number of amides is 4. The number of anilines is 1. The molecule has 0 bridgehead atoms. The van der Waals surface area contributed by atoms with E-state index in [9.17, 15) is 29.4 Å². The topological polar surface area (TPSA) is 154 Å². The highest BCUT2D eigenvalue weighted by Crippen LogP contribution is 2.64. The van der Waals surface area contributed by atoms with Gasteiger partial charge in [0.05, 0.1) is 39.5 Å². The number of allylic oxidation sites excluding steroid dienone is 2. The number of hydrazine groups is 1. The number of carboxylic acids is 1. The van der Waals surface area contributed by atoms with Crippen molar-refractivity contribution < 1.29 is 38.9 Å². The Balaban J connectivity index is 1.42. The number of phenols is 1. The molecule has 2 aliphatic heterocycles. The van der Waals surface area contributed by atoms with Crippen molar-refractivity contribution in [2.75, 3.05) is 19.1 Å². The average molecular weight is 790 g/mol. The first-order valence-electron chi connectivity index (χ1n) is 16.6. The van der Waals surface area contributed by atoms with E-state index in [-0.39, 0.29) is 55.5 Å². The van der Waals surface area contributed by atoms with Gasteiger partial charge in [0, 0.05) is 18.9 Å². The van der Waals surface area contributed by atoms with Crippen LogP contribution in [0.1, 0.15) is 48.3 Å². The van der Waals surface area contributed by atoms with Gasteiger partial charge in [0.2, 0.25) is 11.8 Å². The summed E-state index contributed by atoms with van der Waals surface area (Å²) in [5.74, 6) is -6.17. The number of phenolic OH excluding ortho intramolecular Hbond substituents is 1. The number of carbonyl (C=O) groups is 5. The molecule has 3 N–H and O–H groups in total. The van der Waals surface area contributed by atoms with Crippen LogP contribution in [0.25, 0.3) is 0 Å². The Morgan fingerprint density at radius 2 is 1.72 bits per heavy atom. The summed E-state index contributed by atoms with van der Waals surface area (Å²) in [4.78, 5) is 70.2. The smallest absolute Gasteiger partial charge is 0.303 e. The molecule has 12 heteroatoms. The van der Waals surface area contributed by atoms with Gasteiger partial charge in [-0.3, -0.25) is 34.3 Å². The van der Waals surface area contributed by atoms with E-state index in [2.05, 4.69) is 5.43 Å². The van der Waals surface area contributed by atoms with Crippen LogP contribution in [-0.4, -0.2) is 63.4 Å². The predicted molar refractivity (Wildman–Crippen MR) is 190 cm³/mol. The van der Waals surface area contributed by atoms with Crippen molar-refractivity contribution in [2.24, 2.45) is 23.7 Å². The molecule has 4 aliphatic rings. The number of carboxylic acid groups (broad SMARTS) is 1. The summed E-state index contributed by atoms with van der Waals surface area (Å²) in [6, 6.07) is 20.0. The number of imide groups is 2. The lowest BCUT2D eigenvalue weighted by atomic mass is 9.49. The summed E-state index contributed by atoms with van der Waals surface area (Å²) in [6.07, 6.45) is 2.32. The molecule has 0 aromatic heterocycles. The van der Waals surface area contributed by atoms with E-state index < -0.39 is 52.8 Å². The molecular weight excluding hydrogens is 753 g/mol. The molecular formula is C38H36IN3O8. The lowest BCUT2D eigenvalue weighted by molar-refractivity contribution is -0.142. The first kappa shape index (κ1) is 33.8. The molecule has 258 valence electrons. The van der Waals surface area contributed by atoms with Gasteiger partial charge < -0.3 is 14.9 Å². The summed E-state index contributed by atoms with van der Waals surface area (Å²) >= 11 is 2.01. The van der Waals surface area contributed by atoms with Crippen LogP contribution in [0.3, 0.4) is 0 Å². The molecule has 4 amide bonds. The van der Waals surface area contributed by atoms with E-state index >= 15 is 4.79 Å². The molecule has 3 aromatic carbocycles. The Morgan fingerprint density at radius 3 is 2.40 bits per heavy atom. The van der Waals surface area contributed by atoms with Gasteiger partial charge in [-0.05, 0) is 90.1 Å². The number of aromatic hydroxyl groups is 1. The predicted octanol–water partition coefficient (Wildman–Crippen LogP) is 5.16. The molecule has 11 nitrogen and oxygen atoms in total. The number of rotatable bonds is 9. The molecule has 3 aromatic rings. The van der Waals surface area contributed by atoms with Crippen molar-refractivity contribution in [1.29, 1.82) is 0 Å². The van der Waals surface area contributed by atoms with Gasteiger partial charge in [0.25, 0.3) is 11.8 Å². The zero-order valence-corrected chi connectivity index (χ0v) is 29.6. The van der Waals surface area contributed by atoms with Crippen LogP contribution < -0.4 is 10.2 Å². The summed E-state index contributed by atoms with van der Waals surface area (Å²) in [5, 5.41) is 21.1. The van der Waals surface area contributed by atoms with E-state index in [0.717, 1.165) is 16.1 Å². The minimum Gasteiger partial charge on any atom is -0.504 e. The van der Waals surface area contributed by atoms with Crippen molar-refractivity contribution in [3.8, 4) is 11.5 Å². The Hall–Kier alpha value is -4.72.